The van der Waals surface area contributed by atoms with Gasteiger partial charge in [-0.05, 0) is 49.8 Å². The van der Waals surface area contributed by atoms with E-state index >= 15 is 0 Å². The van der Waals surface area contributed by atoms with E-state index in [2.05, 4.69) is 33.7 Å². The number of hydrogen-bond acceptors (Lipinski definition) is 1. The number of nitrogens with zero attached hydrogens (tertiary/aromatic N) is 2. The van der Waals surface area contributed by atoms with Crippen molar-refractivity contribution >= 4 is 10.9 Å². The number of benzene rings is 1. The van der Waals surface area contributed by atoms with E-state index in [9.17, 15) is 0 Å². The fraction of sp³-hybridized carbons (Fsp3) is 0.529. The third-order valence-electron chi connectivity index (χ3n) is 5.63. The van der Waals surface area contributed by atoms with Crippen LogP contribution in [0.25, 0.3) is 10.9 Å². The highest BCUT2D eigenvalue weighted by Gasteiger charge is 2.41. The molecule has 2 atom stereocenters. The molecule has 2 unspecified atom stereocenters. The Morgan fingerprint density at radius 3 is 2.95 bits per heavy atom. The average molecular weight is 252 g/mol. The normalized spacial score (nSPS) is 29.5. The van der Waals surface area contributed by atoms with Crippen LogP contribution >= 0.6 is 0 Å². The Balaban J connectivity index is 1.83. The van der Waals surface area contributed by atoms with Crippen molar-refractivity contribution < 1.29 is 0 Å². The second kappa shape index (κ2) is 3.63. The van der Waals surface area contributed by atoms with Crippen LogP contribution in [0.5, 0.6) is 0 Å². The number of rotatable bonds is 0. The first-order chi connectivity index (χ1) is 9.43. The van der Waals surface area contributed by atoms with Gasteiger partial charge in [0.2, 0.25) is 0 Å². The number of hydrogen-bond donors (Lipinski definition) is 0. The maximum Gasteiger partial charge on any atom is 0.0532 e. The van der Waals surface area contributed by atoms with Gasteiger partial charge in [-0.3, -0.25) is 4.90 Å². The lowest BCUT2D eigenvalue weighted by Gasteiger charge is -2.47. The minimum absolute atomic E-state index is 0.735. The molecule has 1 aromatic carbocycles. The number of piperidine rings is 1. The minimum atomic E-state index is 0.735. The molecule has 0 radical (unpaired) electrons. The molecule has 0 N–H and O–H groups in total. The molecule has 1 saturated heterocycles. The molecular weight excluding hydrogens is 232 g/mol. The molecule has 0 amide bonds. The summed E-state index contributed by atoms with van der Waals surface area (Å²) in [5, 5.41) is 1.53. The lowest BCUT2D eigenvalue weighted by atomic mass is 9.79. The fourth-order valence-corrected chi connectivity index (χ4v) is 4.89. The molecule has 19 heavy (non-hydrogen) atoms. The van der Waals surface area contributed by atoms with Crippen molar-refractivity contribution in [1.82, 2.24) is 9.47 Å². The molecule has 1 fully saturated rings. The quantitative estimate of drug-likeness (QED) is 0.698. The van der Waals surface area contributed by atoms with E-state index in [-0.39, 0.29) is 0 Å². The number of aromatic nitrogens is 1. The van der Waals surface area contributed by atoms with Crippen LogP contribution in [-0.2, 0) is 13.0 Å². The highest BCUT2D eigenvalue weighted by Crippen LogP contribution is 2.48. The molecule has 0 aliphatic carbocycles. The van der Waals surface area contributed by atoms with Gasteiger partial charge in [0.05, 0.1) is 6.04 Å². The van der Waals surface area contributed by atoms with Crippen molar-refractivity contribution in [3.8, 4) is 0 Å². The molecule has 1 aromatic heterocycles. The topological polar surface area (TPSA) is 8.17 Å². The van der Waals surface area contributed by atoms with Gasteiger partial charge in [0.1, 0.15) is 0 Å². The Bertz CT molecular complexity index is 602. The van der Waals surface area contributed by atoms with E-state index < -0.39 is 0 Å². The molecule has 98 valence electrons. The van der Waals surface area contributed by atoms with Gasteiger partial charge in [0.15, 0.2) is 0 Å². The number of para-hydroxylation sites is 1. The zero-order valence-corrected chi connectivity index (χ0v) is 11.3. The second-order valence-corrected chi connectivity index (χ2v) is 6.45. The van der Waals surface area contributed by atoms with E-state index in [0.29, 0.717) is 0 Å². The Morgan fingerprint density at radius 2 is 1.95 bits per heavy atom. The molecule has 3 aliphatic rings. The van der Waals surface area contributed by atoms with Crippen LogP contribution < -0.4 is 0 Å². The predicted molar refractivity (Wildman–Crippen MR) is 77.3 cm³/mol. The van der Waals surface area contributed by atoms with Gasteiger partial charge >= 0.3 is 0 Å². The summed E-state index contributed by atoms with van der Waals surface area (Å²) < 4.78 is 2.64. The molecular formula is C17H20N2. The third kappa shape index (κ3) is 1.26. The first-order valence-corrected chi connectivity index (χ1v) is 7.77. The first kappa shape index (κ1) is 10.5. The van der Waals surface area contributed by atoms with Crippen molar-refractivity contribution in [1.29, 1.82) is 0 Å². The molecule has 2 heteroatoms. The molecule has 0 saturated carbocycles. The summed E-state index contributed by atoms with van der Waals surface area (Å²) in [7, 11) is 0. The van der Waals surface area contributed by atoms with E-state index in [1.165, 1.54) is 56.2 Å². The SMILES string of the molecule is c1ccc2c(c1)c1c3n2CCC2CCCN(CC1)C32. The molecule has 5 rings (SSSR count). The van der Waals surface area contributed by atoms with E-state index in [1.54, 1.807) is 11.3 Å². The second-order valence-electron chi connectivity index (χ2n) is 6.45. The van der Waals surface area contributed by atoms with Crippen LogP contribution in [0.2, 0.25) is 0 Å². The van der Waals surface area contributed by atoms with E-state index in [1.807, 2.05) is 0 Å². The molecule has 4 heterocycles. The molecule has 2 aromatic rings. The maximum atomic E-state index is 2.77. The van der Waals surface area contributed by atoms with Gasteiger partial charge in [-0.25, -0.2) is 0 Å². The van der Waals surface area contributed by atoms with Gasteiger partial charge in [0, 0.05) is 29.7 Å². The van der Waals surface area contributed by atoms with Crippen molar-refractivity contribution in [3.05, 3.63) is 35.5 Å². The Labute approximate surface area is 114 Å². The van der Waals surface area contributed by atoms with E-state index in [4.69, 9.17) is 0 Å². The fourth-order valence-electron chi connectivity index (χ4n) is 4.89. The van der Waals surface area contributed by atoms with Crippen molar-refractivity contribution in [3.63, 3.8) is 0 Å². The Kier molecular flexibility index (Phi) is 2.01. The van der Waals surface area contributed by atoms with Crippen LogP contribution in [0.15, 0.2) is 24.3 Å². The summed E-state index contributed by atoms with van der Waals surface area (Å²) in [6.45, 7) is 3.84. The number of aryl methyl sites for hydroxylation is 1. The smallest absolute Gasteiger partial charge is 0.0532 e. The Hall–Kier alpha value is -1.28. The first-order valence-electron chi connectivity index (χ1n) is 7.77. The highest BCUT2D eigenvalue weighted by molar-refractivity contribution is 5.86. The Morgan fingerprint density at radius 1 is 1.00 bits per heavy atom. The molecule has 0 spiro atoms. The van der Waals surface area contributed by atoms with Crippen LogP contribution in [0.4, 0.5) is 0 Å². The van der Waals surface area contributed by atoms with Gasteiger partial charge in [-0.1, -0.05) is 18.2 Å². The zero-order chi connectivity index (χ0) is 12.4. The van der Waals surface area contributed by atoms with Crippen LogP contribution in [0.1, 0.15) is 36.6 Å². The van der Waals surface area contributed by atoms with Crippen molar-refractivity contribution in [2.75, 3.05) is 13.1 Å². The molecule has 0 bridgehead atoms. The maximum absolute atomic E-state index is 2.77. The summed E-state index contributed by atoms with van der Waals surface area (Å²) in [4.78, 5) is 2.77. The summed E-state index contributed by atoms with van der Waals surface area (Å²) >= 11 is 0. The van der Waals surface area contributed by atoms with Gasteiger partial charge in [-0.15, -0.1) is 0 Å². The molecule has 3 aliphatic heterocycles. The third-order valence-corrected chi connectivity index (χ3v) is 5.63. The van der Waals surface area contributed by atoms with Crippen LogP contribution in [-0.4, -0.2) is 22.6 Å². The lowest BCUT2D eigenvalue weighted by molar-refractivity contribution is 0.0577. The minimum Gasteiger partial charge on any atom is -0.343 e. The summed E-state index contributed by atoms with van der Waals surface area (Å²) in [5.41, 5.74) is 4.84. The standard InChI is InChI=1S/C17H20N2/c1-2-6-15-13(5-1)14-8-10-18-9-3-4-12-7-11-19(15)17(14)16(12)18/h1-2,5-6,12,16H,3-4,7-11H2. The van der Waals surface area contributed by atoms with E-state index in [0.717, 1.165) is 12.0 Å². The predicted octanol–water partition coefficient (Wildman–Crippen LogP) is 3.35. The average Bonchev–Trinajstić information content (AvgIpc) is 2.81. The number of fused-ring (bicyclic) bond motifs is 3. The largest absolute Gasteiger partial charge is 0.343 e. The van der Waals surface area contributed by atoms with Crippen LogP contribution in [0.3, 0.4) is 0 Å². The summed E-state index contributed by atoms with van der Waals surface area (Å²) in [6, 6.07) is 9.79. The lowest BCUT2D eigenvalue weighted by Crippen LogP contribution is -2.46. The highest BCUT2D eigenvalue weighted by atomic mass is 15.2. The van der Waals surface area contributed by atoms with Gasteiger partial charge in [0.25, 0.3) is 0 Å². The van der Waals surface area contributed by atoms with Crippen LogP contribution in [0, 0.1) is 5.92 Å². The summed E-state index contributed by atoms with van der Waals surface area (Å²) in [6.07, 6.45) is 5.50. The molecule has 2 nitrogen and oxygen atoms in total. The van der Waals surface area contributed by atoms with Crippen molar-refractivity contribution in [2.45, 2.75) is 38.3 Å². The van der Waals surface area contributed by atoms with Gasteiger partial charge in [-0.2, -0.15) is 0 Å². The zero-order valence-electron chi connectivity index (χ0n) is 11.3. The van der Waals surface area contributed by atoms with Gasteiger partial charge < -0.3 is 4.57 Å². The summed E-state index contributed by atoms with van der Waals surface area (Å²) in [5.74, 6) is 0.921. The van der Waals surface area contributed by atoms with Crippen molar-refractivity contribution in [2.24, 2.45) is 5.92 Å². The monoisotopic (exact) mass is 252 g/mol.